The molecule has 4 nitrogen and oxygen atoms in total. The first kappa shape index (κ1) is 15.6. The Morgan fingerprint density at radius 3 is 2.67 bits per heavy atom. The van der Waals surface area contributed by atoms with Crippen LogP contribution in [-0.2, 0) is 6.54 Å². The second-order valence-electron chi connectivity index (χ2n) is 5.43. The highest BCUT2D eigenvalue weighted by Crippen LogP contribution is 2.16. The number of nitrogens with zero attached hydrogens (tertiary/aromatic N) is 1. The van der Waals surface area contributed by atoms with Crippen LogP contribution in [0.1, 0.15) is 16.9 Å². The molecule has 1 atom stereocenters. The van der Waals surface area contributed by atoms with E-state index in [1.807, 2.05) is 51.2 Å². The van der Waals surface area contributed by atoms with Crippen molar-refractivity contribution in [2.24, 2.45) is 0 Å². The van der Waals surface area contributed by atoms with E-state index >= 15 is 0 Å². The maximum absolute atomic E-state index is 10.1. The molecule has 0 aliphatic rings. The topological polar surface area (TPSA) is 45.8 Å². The van der Waals surface area contributed by atoms with Gasteiger partial charge < -0.3 is 14.3 Å². The van der Waals surface area contributed by atoms with Crippen molar-refractivity contribution >= 4 is 0 Å². The molecule has 114 valence electrons. The fraction of sp³-hybridized carbons (Fsp3) is 0.412. The van der Waals surface area contributed by atoms with Crippen LogP contribution >= 0.6 is 0 Å². The number of hydrogen-bond donors (Lipinski definition) is 1. The minimum absolute atomic E-state index is 0.291. The van der Waals surface area contributed by atoms with Gasteiger partial charge in [0.15, 0.2) is 0 Å². The number of ether oxygens (including phenoxy) is 1. The highest BCUT2D eigenvalue weighted by Gasteiger charge is 2.12. The molecule has 1 aromatic carbocycles. The molecule has 1 aromatic heterocycles. The van der Waals surface area contributed by atoms with Crippen LogP contribution < -0.4 is 4.74 Å². The summed E-state index contributed by atoms with van der Waals surface area (Å²) < 4.78 is 10.9. The van der Waals surface area contributed by atoms with E-state index in [1.165, 1.54) is 0 Å². The number of furan rings is 1. The molecule has 0 bridgehead atoms. The van der Waals surface area contributed by atoms with Gasteiger partial charge >= 0.3 is 0 Å². The minimum atomic E-state index is -0.526. The fourth-order valence-electron chi connectivity index (χ4n) is 2.25. The Hall–Kier alpha value is -1.78. The van der Waals surface area contributed by atoms with Gasteiger partial charge in [-0.05, 0) is 38.6 Å². The van der Waals surface area contributed by atoms with E-state index in [0.717, 1.165) is 29.2 Å². The molecule has 0 saturated heterocycles. The van der Waals surface area contributed by atoms with Crippen LogP contribution in [0.4, 0.5) is 0 Å². The summed E-state index contributed by atoms with van der Waals surface area (Å²) in [5, 5.41) is 10.1. The fourth-order valence-corrected chi connectivity index (χ4v) is 2.25. The normalized spacial score (nSPS) is 12.6. The molecule has 0 aliphatic carbocycles. The van der Waals surface area contributed by atoms with Crippen molar-refractivity contribution in [3.8, 4) is 5.75 Å². The molecule has 0 saturated carbocycles. The van der Waals surface area contributed by atoms with Gasteiger partial charge in [0.05, 0.1) is 6.26 Å². The van der Waals surface area contributed by atoms with Crippen LogP contribution in [0.2, 0.25) is 0 Å². The van der Waals surface area contributed by atoms with E-state index < -0.39 is 6.10 Å². The summed E-state index contributed by atoms with van der Waals surface area (Å²) in [7, 11) is 1.98. The van der Waals surface area contributed by atoms with Crippen LogP contribution in [0.15, 0.2) is 41.0 Å². The number of para-hydroxylation sites is 1. The first-order valence-corrected chi connectivity index (χ1v) is 7.14. The van der Waals surface area contributed by atoms with Gasteiger partial charge in [0, 0.05) is 18.7 Å². The molecular formula is C17H23NO3. The van der Waals surface area contributed by atoms with Crippen molar-refractivity contribution in [2.75, 3.05) is 20.2 Å². The maximum atomic E-state index is 10.1. The Balaban J connectivity index is 1.78. The number of aryl methyl sites for hydroxylation is 2. The summed E-state index contributed by atoms with van der Waals surface area (Å²) in [5.41, 5.74) is 2.22. The van der Waals surface area contributed by atoms with Crippen molar-refractivity contribution in [1.82, 2.24) is 4.90 Å². The van der Waals surface area contributed by atoms with Gasteiger partial charge in [-0.3, -0.25) is 4.90 Å². The Labute approximate surface area is 126 Å². The molecule has 0 fully saturated rings. The third kappa shape index (κ3) is 4.62. The van der Waals surface area contributed by atoms with Crippen molar-refractivity contribution in [3.05, 3.63) is 53.5 Å². The van der Waals surface area contributed by atoms with Gasteiger partial charge in [0.25, 0.3) is 0 Å². The number of aliphatic hydroxyl groups excluding tert-OH is 1. The van der Waals surface area contributed by atoms with Gasteiger partial charge in [-0.15, -0.1) is 0 Å². The summed E-state index contributed by atoms with van der Waals surface area (Å²) in [5.74, 6) is 1.75. The smallest absolute Gasteiger partial charge is 0.122 e. The van der Waals surface area contributed by atoms with E-state index in [1.54, 1.807) is 6.26 Å². The van der Waals surface area contributed by atoms with Gasteiger partial charge in [-0.2, -0.15) is 0 Å². The average Bonchev–Trinajstić information content (AvgIpc) is 2.83. The Morgan fingerprint density at radius 2 is 2.00 bits per heavy atom. The van der Waals surface area contributed by atoms with Gasteiger partial charge in [0.1, 0.15) is 24.2 Å². The Kier molecular flexibility index (Phi) is 5.42. The third-order valence-electron chi connectivity index (χ3n) is 3.45. The largest absolute Gasteiger partial charge is 0.491 e. The molecule has 0 spiro atoms. The molecule has 21 heavy (non-hydrogen) atoms. The third-order valence-corrected chi connectivity index (χ3v) is 3.45. The molecule has 0 radical (unpaired) electrons. The van der Waals surface area contributed by atoms with Gasteiger partial charge in [-0.1, -0.05) is 18.2 Å². The van der Waals surface area contributed by atoms with E-state index in [2.05, 4.69) is 4.90 Å². The maximum Gasteiger partial charge on any atom is 0.122 e. The molecule has 2 aromatic rings. The Morgan fingerprint density at radius 1 is 1.24 bits per heavy atom. The molecule has 1 heterocycles. The first-order chi connectivity index (χ1) is 10.1. The number of rotatable bonds is 7. The summed E-state index contributed by atoms with van der Waals surface area (Å²) >= 11 is 0. The van der Waals surface area contributed by atoms with Crippen molar-refractivity contribution < 1.29 is 14.3 Å². The quantitative estimate of drug-likeness (QED) is 0.851. The van der Waals surface area contributed by atoms with Crippen LogP contribution in [0.5, 0.6) is 5.75 Å². The summed E-state index contributed by atoms with van der Waals surface area (Å²) in [6.07, 6.45) is 1.16. The van der Waals surface area contributed by atoms with Crippen LogP contribution in [0.25, 0.3) is 0 Å². The predicted octanol–water partition coefficient (Wildman–Crippen LogP) is 2.77. The molecule has 1 unspecified atom stereocenters. The lowest BCUT2D eigenvalue weighted by atomic mass is 10.2. The highest BCUT2D eigenvalue weighted by atomic mass is 16.5. The molecule has 1 N–H and O–H groups in total. The zero-order valence-corrected chi connectivity index (χ0v) is 12.9. The zero-order valence-electron chi connectivity index (χ0n) is 12.9. The second-order valence-corrected chi connectivity index (χ2v) is 5.43. The SMILES string of the molecule is Cc1ccccc1OCC(O)CN(C)Cc1ccoc1C. The van der Waals surface area contributed by atoms with E-state index in [9.17, 15) is 5.11 Å². The second kappa shape index (κ2) is 7.29. The molecule has 0 amide bonds. The lowest BCUT2D eigenvalue weighted by Gasteiger charge is -2.21. The number of aliphatic hydroxyl groups is 1. The lowest BCUT2D eigenvalue weighted by molar-refractivity contribution is 0.0740. The summed E-state index contributed by atoms with van der Waals surface area (Å²) in [6, 6.07) is 9.78. The number of benzene rings is 1. The van der Waals surface area contributed by atoms with E-state index in [-0.39, 0.29) is 0 Å². The summed E-state index contributed by atoms with van der Waals surface area (Å²) in [6.45, 7) is 5.54. The molecular weight excluding hydrogens is 266 g/mol. The van der Waals surface area contributed by atoms with Crippen LogP contribution in [0, 0.1) is 13.8 Å². The van der Waals surface area contributed by atoms with Gasteiger partial charge in [0.2, 0.25) is 0 Å². The molecule has 2 rings (SSSR count). The van der Waals surface area contributed by atoms with Crippen molar-refractivity contribution in [2.45, 2.75) is 26.5 Å². The molecule has 4 heteroatoms. The highest BCUT2D eigenvalue weighted by molar-refractivity contribution is 5.31. The van der Waals surface area contributed by atoms with E-state index in [4.69, 9.17) is 9.15 Å². The predicted molar refractivity (Wildman–Crippen MR) is 82.5 cm³/mol. The average molecular weight is 289 g/mol. The van der Waals surface area contributed by atoms with Crippen LogP contribution in [-0.4, -0.2) is 36.3 Å². The van der Waals surface area contributed by atoms with E-state index in [0.29, 0.717) is 13.2 Å². The standard InChI is InChI=1S/C17H23NO3/c1-13-6-4-5-7-17(13)21-12-16(19)11-18(3)10-15-8-9-20-14(15)2/h4-9,16,19H,10-12H2,1-3H3. The number of likely N-dealkylation sites (N-methyl/N-ethyl adjacent to an activating group) is 1. The molecule has 0 aliphatic heterocycles. The van der Waals surface area contributed by atoms with Crippen molar-refractivity contribution in [1.29, 1.82) is 0 Å². The monoisotopic (exact) mass is 289 g/mol. The van der Waals surface area contributed by atoms with Crippen LogP contribution in [0.3, 0.4) is 0 Å². The lowest BCUT2D eigenvalue weighted by Crippen LogP contribution is -2.32. The minimum Gasteiger partial charge on any atom is -0.491 e. The Bertz CT molecular complexity index is 565. The van der Waals surface area contributed by atoms with Crippen molar-refractivity contribution in [3.63, 3.8) is 0 Å². The zero-order chi connectivity index (χ0) is 15.2. The van der Waals surface area contributed by atoms with Gasteiger partial charge in [-0.25, -0.2) is 0 Å². The first-order valence-electron chi connectivity index (χ1n) is 7.14. The summed E-state index contributed by atoms with van der Waals surface area (Å²) in [4.78, 5) is 2.06. The number of hydrogen-bond acceptors (Lipinski definition) is 4.